The zero-order valence-corrected chi connectivity index (χ0v) is 12.3. The number of piperazine rings is 1. The summed E-state index contributed by atoms with van der Waals surface area (Å²) in [6, 6.07) is -1.01. The highest BCUT2D eigenvalue weighted by molar-refractivity contribution is 7.91. The highest BCUT2D eigenvalue weighted by Crippen LogP contribution is 2.23. The van der Waals surface area contributed by atoms with E-state index in [1.54, 1.807) is 0 Å². The first-order chi connectivity index (χ1) is 9.78. The van der Waals surface area contributed by atoms with E-state index in [4.69, 9.17) is 5.11 Å². The number of amides is 2. The maximum Gasteiger partial charge on any atom is 0.305 e. The number of hydrogen-bond donors (Lipinski definition) is 2. The van der Waals surface area contributed by atoms with Crippen LogP contribution in [0.5, 0.6) is 0 Å². The third-order valence-electron chi connectivity index (χ3n) is 3.81. The number of sulfone groups is 1. The Balaban J connectivity index is 2.02. The number of aliphatic carboxylic acids is 1. The molecule has 0 aromatic carbocycles. The van der Waals surface area contributed by atoms with E-state index in [1.165, 1.54) is 4.90 Å². The number of carboxylic acids is 1. The Labute approximate surface area is 122 Å². The fourth-order valence-corrected chi connectivity index (χ4v) is 4.64. The van der Waals surface area contributed by atoms with Crippen molar-refractivity contribution in [3.05, 3.63) is 0 Å². The topological polar surface area (TPSA) is 121 Å². The smallest absolute Gasteiger partial charge is 0.305 e. The van der Waals surface area contributed by atoms with Gasteiger partial charge in [0.05, 0.1) is 17.9 Å². The monoisotopic (exact) mass is 318 g/mol. The Morgan fingerprint density at radius 1 is 1.33 bits per heavy atom. The van der Waals surface area contributed by atoms with Crippen LogP contribution < -0.4 is 5.32 Å². The summed E-state index contributed by atoms with van der Waals surface area (Å²) >= 11 is 0. The second-order valence-electron chi connectivity index (χ2n) is 5.47. The summed E-state index contributed by atoms with van der Waals surface area (Å²) in [6.07, 6.45) is 0.0425. The fourth-order valence-electron chi connectivity index (χ4n) is 2.78. The van der Waals surface area contributed by atoms with Crippen LogP contribution in [0.3, 0.4) is 0 Å². The lowest BCUT2D eigenvalue weighted by Gasteiger charge is -2.34. The molecule has 0 spiro atoms. The predicted octanol–water partition coefficient (Wildman–Crippen LogP) is -1.39. The SMILES string of the molecule is O=C(O)CC1C(=O)NCCN1C(=O)CC1CCS(=O)(=O)C1. The summed E-state index contributed by atoms with van der Waals surface area (Å²) in [5.74, 6) is -2.14. The van der Waals surface area contributed by atoms with Gasteiger partial charge in [0.2, 0.25) is 11.8 Å². The van der Waals surface area contributed by atoms with E-state index in [9.17, 15) is 22.8 Å². The van der Waals surface area contributed by atoms with Crippen molar-refractivity contribution < 1.29 is 27.9 Å². The van der Waals surface area contributed by atoms with Gasteiger partial charge in [0.15, 0.2) is 9.84 Å². The van der Waals surface area contributed by atoms with Crippen molar-refractivity contribution in [3.8, 4) is 0 Å². The summed E-state index contributed by atoms with van der Waals surface area (Å²) < 4.78 is 22.8. The van der Waals surface area contributed by atoms with E-state index in [0.29, 0.717) is 6.42 Å². The lowest BCUT2D eigenvalue weighted by molar-refractivity contribution is -0.149. The van der Waals surface area contributed by atoms with E-state index in [0.717, 1.165) is 0 Å². The zero-order valence-electron chi connectivity index (χ0n) is 11.4. The molecule has 0 aliphatic carbocycles. The Morgan fingerprint density at radius 2 is 2.05 bits per heavy atom. The van der Waals surface area contributed by atoms with Crippen LogP contribution in [0.25, 0.3) is 0 Å². The Hall–Kier alpha value is -1.64. The molecule has 0 radical (unpaired) electrons. The number of nitrogens with zero attached hydrogens (tertiary/aromatic N) is 1. The lowest BCUT2D eigenvalue weighted by Crippen LogP contribution is -2.58. The molecule has 0 saturated carbocycles. The Morgan fingerprint density at radius 3 is 2.62 bits per heavy atom. The van der Waals surface area contributed by atoms with Gasteiger partial charge in [0, 0.05) is 19.5 Å². The molecule has 9 heteroatoms. The fraction of sp³-hybridized carbons (Fsp3) is 0.750. The zero-order chi connectivity index (χ0) is 15.6. The average Bonchev–Trinajstić information content (AvgIpc) is 2.70. The molecule has 0 bridgehead atoms. The average molecular weight is 318 g/mol. The van der Waals surface area contributed by atoms with Gasteiger partial charge < -0.3 is 15.3 Å². The molecule has 8 nitrogen and oxygen atoms in total. The van der Waals surface area contributed by atoms with Gasteiger partial charge in [0.1, 0.15) is 6.04 Å². The molecule has 21 heavy (non-hydrogen) atoms. The van der Waals surface area contributed by atoms with E-state index in [2.05, 4.69) is 5.32 Å². The molecule has 2 saturated heterocycles. The minimum absolute atomic E-state index is 0.0115. The van der Waals surface area contributed by atoms with Crippen LogP contribution in [-0.4, -0.2) is 66.8 Å². The largest absolute Gasteiger partial charge is 0.481 e. The van der Waals surface area contributed by atoms with Crippen molar-refractivity contribution in [2.24, 2.45) is 5.92 Å². The minimum atomic E-state index is -3.06. The number of carbonyl (C=O) groups is 3. The number of rotatable bonds is 4. The molecule has 2 N–H and O–H groups in total. The van der Waals surface area contributed by atoms with E-state index in [-0.39, 0.29) is 42.8 Å². The molecule has 2 fully saturated rings. The number of nitrogens with one attached hydrogen (secondary N) is 1. The number of carboxylic acid groups (broad SMARTS) is 1. The molecule has 2 amide bonds. The summed E-state index contributed by atoms with van der Waals surface area (Å²) in [5, 5.41) is 11.4. The van der Waals surface area contributed by atoms with Gasteiger partial charge in [0.25, 0.3) is 0 Å². The third kappa shape index (κ3) is 3.93. The van der Waals surface area contributed by atoms with Crippen molar-refractivity contribution in [2.45, 2.75) is 25.3 Å². The normalized spacial score (nSPS) is 28.2. The highest BCUT2D eigenvalue weighted by Gasteiger charge is 2.37. The molecule has 2 heterocycles. The molecule has 0 aromatic heterocycles. The molecule has 2 atom stereocenters. The van der Waals surface area contributed by atoms with Crippen LogP contribution in [0.4, 0.5) is 0 Å². The van der Waals surface area contributed by atoms with Gasteiger partial charge >= 0.3 is 5.97 Å². The molecule has 118 valence electrons. The molecular weight excluding hydrogens is 300 g/mol. The maximum atomic E-state index is 12.3. The van der Waals surface area contributed by atoms with Crippen LogP contribution >= 0.6 is 0 Å². The highest BCUT2D eigenvalue weighted by atomic mass is 32.2. The molecule has 2 aliphatic heterocycles. The summed E-state index contributed by atoms with van der Waals surface area (Å²) in [4.78, 5) is 36.1. The van der Waals surface area contributed by atoms with E-state index < -0.39 is 34.2 Å². The maximum absolute atomic E-state index is 12.3. The Bertz CT molecular complexity index is 558. The first-order valence-corrected chi connectivity index (χ1v) is 8.60. The first-order valence-electron chi connectivity index (χ1n) is 6.78. The standard InChI is InChI=1S/C12H18N2O6S/c15-10(5-8-1-4-21(19,20)7-8)14-3-2-13-12(18)9(14)6-11(16)17/h8-9H,1-7H2,(H,13,18)(H,16,17). The predicted molar refractivity (Wildman–Crippen MR) is 72.1 cm³/mol. The van der Waals surface area contributed by atoms with Crippen LogP contribution in [0, 0.1) is 5.92 Å². The first kappa shape index (κ1) is 15.7. The van der Waals surface area contributed by atoms with Crippen LogP contribution in [0.2, 0.25) is 0 Å². The second kappa shape index (κ2) is 6.00. The number of hydrogen-bond acceptors (Lipinski definition) is 5. The molecule has 2 aliphatic rings. The van der Waals surface area contributed by atoms with Crippen molar-refractivity contribution in [3.63, 3.8) is 0 Å². The van der Waals surface area contributed by atoms with Gasteiger partial charge in [-0.2, -0.15) is 0 Å². The van der Waals surface area contributed by atoms with Crippen molar-refractivity contribution in [1.82, 2.24) is 10.2 Å². The quantitative estimate of drug-likeness (QED) is 0.658. The van der Waals surface area contributed by atoms with E-state index in [1.807, 2.05) is 0 Å². The number of carbonyl (C=O) groups excluding carboxylic acids is 2. The van der Waals surface area contributed by atoms with Crippen molar-refractivity contribution in [1.29, 1.82) is 0 Å². The van der Waals surface area contributed by atoms with Gasteiger partial charge in [-0.05, 0) is 12.3 Å². The molecule has 2 unspecified atom stereocenters. The summed E-state index contributed by atoms with van der Waals surface area (Å²) in [6.45, 7) is 0.533. The minimum Gasteiger partial charge on any atom is -0.481 e. The Kier molecular flexibility index (Phi) is 4.50. The third-order valence-corrected chi connectivity index (χ3v) is 5.65. The van der Waals surface area contributed by atoms with Gasteiger partial charge in [-0.1, -0.05) is 0 Å². The summed E-state index contributed by atoms with van der Waals surface area (Å²) in [5.41, 5.74) is 0. The van der Waals surface area contributed by atoms with Gasteiger partial charge in [-0.15, -0.1) is 0 Å². The van der Waals surface area contributed by atoms with Crippen molar-refractivity contribution in [2.75, 3.05) is 24.6 Å². The second-order valence-corrected chi connectivity index (χ2v) is 7.69. The van der Waals surface area contributed by atoms with Crippen molar-refractivity contribution >= 4 is 27.6 Å². The van der Waals surface area contributed by atoms with Crippen LogP contribution in [0.1, 0.15) is 19.3 Å². The van der Waals surface area contributed by atoms with Gasteiger partial charge in [-0.25, -0.2) is 8.42 Å². The van der Waals surface area contributed by atoms with Gasteiger partial charge in [-0.3, -0.25) is 14.4 Å². The lowest BCUT2D eigenvalue weighted by atomic mass is 10.0. The van der Waals surface area contributed by atoms with Crippen LogP contribution in [0.15, 0.2) is 0 Å². The molecular formula is C12H18N2O6S. The van der Waals surface area contributed by atoms with E-state index >= 15 is 0 Å². The summed E-state index contributed by atoms with van der Waals surface area (Å²) in [7, 11) is -3.06. The molecule has 0 aromatic rings. The van der Waals surface area contributed by atoms with Crippen LogP contribution in [-0.2, 0) is 24.2 Å². The molecule has 2 rings (SSSR count).